The first-order chi connectivity index (χ1) is 10.2. The molecule has 0 aliphatic heterocycles. The second-order valence-electron chi connectivity index (χ2n) is 4.99. The standard InChI is InChI=1S/C18H20O3/c1-14-7-8-18(11-15(14)2)21-10-4-9-20-17-6-3-5-16(12-17)13-19/h3,5-8,11-13H,4,9-10H2,1-2H3. The molecule has 0 aliphatic carbocycles. The van der Waals surface area contributed by atoms with Crippen molar-refractivity contribution < 1.29 is 14.3 Å². The molecule has 0 radical (unpaired) electrons. The molecule has 21 heavy (non-hydrogen) atoms. The Bertz CT molecular complexity index is 605. The number of carbonyl (C=O) groups is 1. The van der Waals surface area contributed by atoms with Crippen LogP contribution in [0.1, 0.15) is 27.9 Å². The summed E-state index contributed by atoms with van der Waals surface area (Å²) in [6.07, 6.45) is 1.61. The van der Waals surface area contributed by atoms with E-state index >= 15 is 0 Å². The first-order valence-corrected chi connectivity index (χ1v) is 7.07. The molecule has 0 N–H and O–H groups in total. The predicted molar refractivity (Wildman–Crippen MR) is 83.4 cm³/mol. The lowest BCUT2D eigenvalue weighted by molar-refractivity contribution is 0.112. The van der Waals surface area contributed by atoms with Gasteiger partial charge in [-0.1, -0.05) is 18.2 Å². The quantitative estimate of drug-likeness (QED) is 0.570. The predicted octanol–water partition coefficient (Wildman–Crippen LogP) is 3.96. The highest BCUT2D eigenvalue weighted by Crippen LogP contribution is 2.17. The van der Waals surface area contributed by atoms with Gasteiger partial charge in [-0.25, -0.2) is 0 Å². The molecule has 0 amide bonds. The maximum absolute atomic E-state index is 10.7. The molecule has 3 nitrogen and oxygen atoms in total. The second-order valence-corrected chi connectivity index (χ2v) is 4.99. The summed E-state index contributed by atoms with van der Waals surface area (Å²) in [6.45, 7) is 5.33. The summed E-state index contributed by atoms with van der Waals surface area (Å²) in [5, 5.41) is 0. The summed E-state index contributed by atoms with van der Waals surface area (Å²) in [6, 6.07) is 13.2. The normalized spacial score (nSPS) is 10.2. The molecule has 0 atom stereocenters. The molecule has 0 bridgehead atoms. The van der Waals surface area contributed by atoms with Crippen LogP contribution in [-0.4, -0.2) is 19.5 Å². The number of benzene rings is 2. The third-order valence-electron chi connectivity index (χ3n) is 3.30. The van der Waals surface area contributed by atoms with E-state index in [1.807, 2.05) is 24.3 Å². The molecule has 0 saturated heterocycles. The van der Waals surface area contributed by atoms with E-state index in [0.717, 1.165) is 18.5 Å². The number of carbonyl (C=O) groups excluding carboxylic acids is 1. The molecule has 0 spiro atoms. The monoisotopic (exact) mass is 284 g/mol. The van der Waals surface area contributed by atoms with Crippen LogP contribution in [0.5, 0.6) is 11.5 Å². The van der Waals surface area contributed by atoms with Gasteiger partial charge in [0.25, 0.3) is 0 Å². The molecule has 2 aromatic rings. The zero-order chi connectivity index (χ0) is 15.1. The van der Waals surface area contributed by atoms with Crippen molar-refractivity contribution in [1.82, 2.24) is 0 Å². The summed E-state index contributed by atoms with van der Waals surface area (Å²) in [5.74, 6) is 1.60. The van der Waals surface area contributed by atoms with Crippen LogP contribution < -0.4 is 9.47 Å². The third kappa shape index (κ3) is 4.63. The van der Waals surface area contributed by atoms with Crippen LogP contribution in [0.25, 0.3) is 0 Å². The average molecular weight is 284 g/mol. The fourth-order valence-electron chi connectivity index (χ4n) is 1.92. The van der Waals surface area contributed by atoms with Gasteiger partial charge in [0.2, 0.25) is 0 Å². The number of aldehydes is 1. The number of aryl methyl sites for hydroxylation is 2. The van der Waals surface area contributed by atoms with Crippen molar-refractivity contribution in [1.29, 1.82) is 0 Å². The molecule has 0 fully saturated rings. The number of hydrogen-bond donors (Lipinski definition) is 0. The van der Waals surface area contributed by atoms with E-state index in [1.165, 1.54) is 11.1 Å². The van der Waals surface area contributed by atoms with E-state index < -0.39 is 0 Å². The fourth-order valence-corrected chi connectivity index (χ4v) is 1.92. The highest BCUT2D eigenvalue weighted by atomic mass is 16.5. The van der Waals surface area contributed by atoms with Crippen LogP contribution in [0.3, 0.4) is 0 Å². The van der Waals surface area contributed by atoms with Crippen molar-refractivity contribution in [2.45, 2.75) is 20.3 Å². The van der Waals surface area contributed by atoms with Crippen molar-refractivity contribution in [3.8, 4) is 11.5 Å². The largest absolute Gasteiger partial charge is 0.493 e. The molecule has 0 aromatic heterocycles. The highest BCUT2D eigenvalue weighted by Gasteiger charge is 1.99. The number of hydrogen-bond acceptors (Lipinski definition) is 3. The molecule has 110 valence electrons. The summed E-state index contributed by atoms with van der Waals surface area (Å²) in [5.41, 5.74) is 3.12. The topological polar surface area (TPSA) is 35.5 Å². The van der Waals surface area contributed by atoms with Crippen LogP contribution in [-0.2, 0) is 0 Å². The number of rotatable bonds is 7. The van der Waals surface area contributed by atoms with Gasteiger partial charge < -0.3 is 9.47 Å². The van der Waals surface area contributed by atoms with Crippen LogP contribution in [0.4, 0.5) is 0 Å². The lowest BCUT2D eigenvalue weighted by atomic mass is 10.1. The van der Waals surface area contributed by atoms with Gasteiger partial charge >= 0.3 is 0 Å². The first kappa shape index (κ1) is 15.1. The minimum atomic E-state index is 0.563. The van der Waals surface area contributed by atoms with Crippen molar-refractivity contribution in [2.75, 3.05) is 13.2 Å². The summed E-state index contributed by atoms with van der Waals surface area (Å²) in [7, 11) is 0. The Morgan fingerprint density at radius 2 is 1.62 bits per heavy atom. The Balaban J connectivity index is 1.72. The molecule has 2 aromatic carbocycles. The van der Waals surface area contributed by atoms with Gasteiger partial charge in [-0.15, -0.1) is 0 Å². The molecular weight excluding hydrogens is 264 g/mol. The van der Waals surface area contributed by atoms with Crippen molar-refractivity contribution in [3.05, 3.63) is 59.2 Å². The van der Waals surface area contributed by atoms with Gasteiger partial charge in [-0.05, 0) is 49.2 Å². The Kier molecular flexibility index (Phi) is 5.38. The van der Waals surface area contributed by atoms with Gasteiger partial charge in [0.1, 0.15) is 17.8 Å². The lowest BCUT2D eigenvalue weighted by Gasteiger charge is -2.09. The summed E-state index contributed by atoms with van der Waals surface area (Å²) in [4.78, 5) is 10.7. The van der Waals surface area contributed by atoms with Crippen LogP contribution in [0.15, 0.2) is 42.5 Å². The van der Waals surface area contributed by atoms with Crippen LogP contribution in [0.2, 0.25) is 0 Å². The maximum atomic E-state index is 10.7. The zero-order valence-electron chi connectivity index (χ0n) is 12.5. The number of ether oxygens (including phenoxy) is 2. The Hall–Kier alpha value is -2.29. The Morgan fingerprint density at radius 3 is 2.29 bits per heavy atom. The van der Waals surface area contributed by atoms with E-state index in [-0.39, 0.29) is 0 Å². The highest BCUT2D eigenvalue weighted by molar-refractivity contribution is 5.75. The molecule has 0 unspecified atom stereocenters. The smallest absolute Gasteiger partial charge is 0.150 e. The minimum Gasteiger partial charge on any atom is -0.493 e. The molecule has 0 aliphatic rings. The van der Waals surface area contributed by atoms with Crippen LogP contribution >= 0.6 is 0 Å². The average Bonchev–Trinajstić information content (AvgIpc) is 2.50. The SMILES string of the molecule is Cc1ccc(OCCCOc2cccc(C=O)c2)cc1C. The molecule has 0 saturated carbocycles. The van der Waals surface area contributed by atoms with Gasteiger partial charge in [0, 0.05) is 12.0 Å². The first-order valence-electron chi connectivity index (χ1n) is 7.07. The lowest BCUT2D eigenvalue weighted by Crippen LogP contribution is -2.05. The maximum Gasteiger partial charge on any atom is 0.150 e. The summed E-state index contributed by atoms with van der Waals surface area (Å²) < 4.78 is 11.3. The fraction of sp³-hybridized carbons (Fsp3) is 0.278. The van der Waals surface area contributed by atoms with Crippen molar-refractivity contribution in [3.63, 3.8) is 0 Å². The molecule has 0 heterocycles. The van der Waals surface area contributed by atoms with E-state index in [9.17, 15) is 4.79 Å². The van der Waals surface area contributed by atoms with E-state index in [2.05, 4.69) is 19.9 Å². The van der Waals surface area contributed by atoms with Gasteiger partial charge in [-0.3, -0.25) is 4.79 Å². The van der Waals surface area contributed by atoms with Gasteiger partial charge in [0.15, 0.2) is 0 Å². The molecule has 2 rings (SSSR count). The minimum absolute atomic E-state index is 0.563. The van der Waals surface area contributed by atoms with Crippen LogP contribution in [0, 0.1) is 13.8 Å². The third-order valence-corrected chi connectivity index (χ3v) is 3.30. The van der Waals surface area contributed by atoms with E-state index in [0.29, 0.717) is 24.5 Å². The van der Waals surface area contributed by atoms with E-state index in [4.69, 9.17) is 9.47 Å². The van der Waals surface area contributed by atoms with E-state index in [1.54, 1.807) is 12.1 Å². The summed E-state index contributed by atoms with van der Waals surface area (Å²) >= 11 is 0. The second kappa shape index (κ2) is 7.48. The molecular formula is C18H20O3. The Labute approximate surface area is 125 Å². The zero-order valence-corrected chi connectivity index (χ0v) is 12.5. The Morgan fingerprint density at radius 1 is 0.905 bits per heavy atom. The van der Waals surface area contributed by atoms with Gasteiger partial charge in [-0.2, -0.15) is 0 Å². The van der Waals surface area contributed by atoms with Crippen molar-refractivity contribution in [2.24, 2.45) is 0 Å². The van der Waals surface area contributed by atoms with Crippen molar-refractivity contribution >= 4 is 6.29 Å². The van der Waals surface area contributed by atoms with Gasteiger partial charge in [0.05, 0.1) is 13.2 Å². The molecule has 3 heteroatoms.